The number of sulfone groups is 1. The molecule has 1 aliphatic carbocycles. The number of nitrogens with one attached hydrogen (secondary N) is 1. The Hall–Kier alpha value is -2.64. The number of carbonyl (C=O) groups is 1. The van der Waals surface area contributed by atoms with Crippen molar-refractivity contribution in [1.29, 1.82) is 0 Å². The first-order chi connectivity index (χ1) is 17.9. The number of alkyl halides is 6. The van der Waals surface area contributed by atoms with E-state index in [9.17, 15) is 39.6 Å². The second kappa shape index (κ2) is 11.5. The van der Waals surface area contributed by atoms with Crippen molar-refractivity contribution in [3.8, 4) is 5.69 Å². The second-order valence-electron chi connectivity index (χ2n) is 9.96. The Morgan fingerprint density at radius 3 is 2.18 bits per heavy atom. The fourth-order valence-electron chi connectivity index (χ4n) is 4.93. The third-order valence-corrected chi connectivity index (χ3v) is 8.82. The number of hydrogen-bond donors (Lipinski definition) is 1. The summed E-state index contributed by atoms with van der Waals surface area (Å²) in [6, 6.07) is 2.70. The number of nitrogens with zero attached hydrogens (tertiary/aromatic N) is 2. The highest BCUT2D eigenvalue weighted by atomic mass is 32.2. The second-order valence-corrected chi connectivity index (χ2v) is 12.3. The van der Waals surface area contributed by atoms with Gasteiger partial charge in [0.05, 0.1) is 16.6 Å². The van der Waals surface area contributed by atoms with Crippen molar-refractivity contribution in [3.63, 3.8) is 0 Å². The van der Waals surface area contributed by atoms with Crippen molar-refractivity contribution in [1.82, 2.24) is 14.9 Å². The molecule has 1 fully saturated rings. The number of rotatable bonds is 8. The number of aryl methyl sites for hydroxylation is 1. The van der Waals surface area contributed by atoms with Gasteiger partial charge < -0.3 is 5.32 Å². The number of amides is 1. The average molecular weight is 586 g/mol. The highest BCUT2D eigenvalue weighted by Gasteiger charge is 2.56. The van der Waals surface area contributed by atoms with E-state index in [1.54, 1.807) is 6.92 Å². The molecule has 1 saturated carbocycles. The molecule has 14 heteroatoms. The van der Waals surface area contributed by atoms with Gasteiger partial charge in [0, 0.05) is 19.2 Å². The summed E-state index contributed by atoms with van der Waals surface area (Å²) in [7, 11) is -3.12. The van der Waals surface area contributed by atoms with Crippen LogP contribution in [-0.2, 0) is 22.7 Å². The zero-order valence-corrected chi connectivity index (χ0v) is 22.4. The van der Waals surface area contributed by atoms with Crippen molar-refractivity contribution in [3.05, 3.63) is 46.8 Å². The summed E-state index contributed by atoms with van der Waals surface area (Å²) >= 11 is 0. The summed E-state index contributed by atoms with van der Waals surface area (Å²) in [5.41, 5.74) is -0.376. The Kier molecular flexibility index (Phi) is 9.08. The number of benzene rings is 1. The largest absolute Gasteiger partial charge is 0.400 e. The lowest BCUT2D eigenvalue weighted by atomic mass is 9.89. The van der Waals surface area contributed by atoms with Crippen molar-refractivity contribution in [2.45, 2.75) is 70.0 Å². The molecule has 1 aromatic carbocycles. The highest BCUT2D eigenvalue weighted by molar-refractivity contribution is 7.91. The van der Waals surface area contributed by atoms with Crippen LogP contribution in [0, 0.1) is 24.6 Å². The van der Waals surface area contributed by atoms with Gasteiger partial charge in [0.2, 0.25) is 0 Å². The first kappa shape index (κ1) is 30.9. The van der Waals surface area contributed by atoms with Gasteiger partial charge >= 0.3 is 12.4 Å². The lowest BCUT2D eigenvalue weighted by Gasteiger charge is -2.27. The molecule has 0 aliphatic heterocycles. The van der Waals surface area contributed by atoms with Crippen LogP contribution >= 0.6 is 0 Å². The summed E-state index contributed by atoms with van der Waals surface area (Å²) in [6.45, 7) is 3.50. The predicted octanol–water partition coefficient (Wildman–Crippen LogP) is 5.50. The van der Waals surface area contributed by atoms with Gasteiger partial charge in [0.1, 0.15) is 27.2 Å². The quantitative estimate of drug-likeness (QED) is 0.415. The zero-order chi connectivity index (χ0) is 29.3. The third-order valence-electron chi connectivity index (χ3n) is 7.14. The monoisotopic (exact) mass is 585 g/mol. The van der Waals surface area contributed by atoms with Crippen molar-refractivity contribution < 1.29 is 43.9 Å². The lowest BCUT2D eigenvalue weighted by Crippen LogP contribution is -2.38. The fourth-order valence-corrected chi connectivity index (χ4v) is 6.06. The van der Waals surface area contributed by atoms with Crippen molar-refractivity contribution >= 4 is 15.7 Å². The van der Waals surface area contributed by atoms with E-state index in [1.807, 2.05) is 0 Å². The molecule has 6 nitrogen and oxygen atoms in total. The molecule has 0 radical (unpaired) electrons. The molecule has 1 aliphatic rings. The molecule has 218 valence electrons. The molecule has 0 spiro atoms. The predicted molar refractivity (Wildman–Crippen MR) is 130 cm³/mol. The van der Waals surface area contributed by atoms with Crippen molar-refractivity contribution in [2.24, 2.45) is 11.8 Å². The smallest absolute Gasteiger partial charge is 0.350 e. The number of aromatic nitrogens is 2. The highest BCUT2D eigenvalue weighted by Crippen LogP contribution is 2.41. The molecule has 0 saturated heterocycles. The van der Waals surface area contributed by atoms with E-state index in [4.69, 9.17) is 0 Å². The molecular weight excluding hydrogens is 555 g/mol. The maximum absolute atomic E-state index is 15.0. The van der Waals surface area contributed by atoms with E-state index in [1.165, 1.54) is 17.7 Å². The van der Waals surface area contributed by atoms with E-state index < -0.39 is 51.8 Å². The third kappa shape index (κ3) is 7.31. The number of carbonyl (C=O) groups excluding carboxylic acids is 1. The maximum atomic E-state index is 15.0. The molecule has 0 atom stereocenters. The topological polar surface area (TPSA) is 81.1 Å². The van der Waals surface area contributed by atoms with Crippen molar-refractivity contribution in [2.75, 3.05) is 12.8 Å². The van der Waals surface area contributed by atoms with E-state index in [0.717, 1.165) is 12.1 Å². The molecule has 1 heterocycles. The lowest BCUT2D eigenvalue weighted by molar-refractivity contribution is -0.283. The van der Waals surface area contributed by atoms with Crippen LogP contribution in [-0.4, -0.2) is 54.3 Å². The molecular formula is C25H30F7N3O3S. The van der Waals surface area contributed by atoms with E-state index in [-0.39, 0.29) is 40.5 Å². The van der Waals surface area contributed by atoms with Crippen LogP contribution in [0.15, 0.2) is 18.2 Å². The molecule has 0 unspecified atom stereocenters. The summed E-state index contributed by atoms with van der Waals surface area (Å²) in [6.07, 6.45) is -8.80. The van der Waals surface area contributed by atoms with Gasteiger partial charge in [-0.1, -0.05) is 13.0 Å². The van der Waals surface area contributed by atoms with Gasteiger partial charge in [-0.25, -0.2) is 17.8 Å². The summed E-state index contributed by atoms with van der Waals surface area (Å²) in [5.74, 6) is -4.85. The zero-order valence-electron chi connectivity index (χ0n) is 21.6. The van der Waals surface area contributed by atoms with Crippen LogP contribution in [0.5, 0.6) is 0 Å². The molecule has 1 aromatic heterocycles. The minimum atomic E-state index is -5.54. The van der Waals surface area contributed by atoms with Gasteiger partial charge in [-0.05, 0) is 62.6 Å². The molecule has 39 heavy (non-hydrogen) atoms. The van der Waals surface area contributed by atoms with E-state index >= 15 is 4.39 Å². The fraction of sp³-hybridized carbons (Fsp3) is 0.600. The molecule has 1 N–H and O–H groups in total. The van der Waals surface area contributed by atoms with Crippen LogP contribution in [0.4, 0.5) is 30.7 Å². The van der Waals surface area contributed by atoms with Crippen LogP contribution in [0.3, 0.4) is 0 Å². The van der Waals surface area contributed by atoms with Gasteiger partial charge in [-0.2, -0.15) is 26.3 Å². The van der Waals surface area contributed by atoms with Crippen LogP contribution in [0.1, 0.15) is 60.2 Å². The van der Waals surface area contributed by atoms with Gasteiger partial charge in [0.25, 0.3) is 5.91 Å². The molecule has 3 rings (SSSR count). The molecule has 2 aromatic rings. The minimum Gasteiger partial charge on any atom is -0.350 e. The van der Waals surface area contributed by atoms with Gasteiger partial charge in [0.15, 0.2) is 5.92 Å². The number of imidazole rings is 1. The molecule has 1 amide bonds. The molecule has 0 bridgehead atoms. The minimum absolute atomic E-state index is 0.00866. The standard InChI is InChI=1S/C25H30F7N3O3S/c1-4-21-34-22(23(36)33-13-15-5-8-17(9-6-15)39(3,37)38)14(2)35(21)19-10-7-16(11-18(19)26)12-20(24(27,28)29)25(30,31)32/h7,10-11,15,17,20H,4-6,8-9,12-13H2,1-3H3,(H,33,36). The SMILES string of the molecule is CCc1nc(C(=O)NCC2CCC(S(C)(=O)=O)CC2)c(C)n1-c1ccc(CC(C(F)(F)F)C(F)(F)F)cc1F. The summed E-state index contributed by atoms with van der Waals surface area (Å²) in [5, 5.41) is 2.40. The van der Waals surface area contributed by atoms with Crippen LogP contribution < -0.4 is 5.32 Å². The Morgan fingerprint density at radius 2 is 1.69 bits per heavy atom. The maximum Gasteiger partial charge on any atom is 0.400 e. The van der Waals surface area contributed by atoms with Gasteiger partial charge in [-0.3, -0.25) is 9.36 Å². The summed E-state index contributed by atoms with van der Waals surface area (Å²) in [4.78, 5) is 17.2. The van der Waals surface area contributed by atoms with Crippen LogP contribution in [0.25, 0.3) is 5.69 Å². The summed E-state index contributed by atoms with van der Waals surface area (Å²) < 4.78 is 117. The number of hydrogen-bond acceptors (Lipinski definition) is 4. The normalized spacial score (nSPS) is 18.9. The van der Waals surface area contributed by atoms with Crippen LogP contribution in [0.2, 0.25) is 0 Å². The van der Waals surface area contributed by atoms with Gasteiger partial charge in [-0.15, -0.1) is 0 Å². The first-order valence-corrected chi connectivity index (χ1v) is 14.4. The first-order valence-electron chi connectivity index (χ1n) is 12.4. The number of halogens is 7. The van der Waals surface area contributed by atoms with E-state index in [0.29, 0.717) is 38.3 Å². The average Bonchev–Trinajstić information content (AvgIpc) is 3.15. The van der Waals surface area contributed by atoms with E-state index in [2.05, 4.69) is 10.3 Å². The Balaban J connectivity index is 1.78. The Morgan fingerprint density at radius 1 is 1.10 bits per heavy atom. The Labute approximate surface area is 221 Å². The Bertz CT molecular complexity index is 1280.